The summed E-state index contributed by atoms with van der Waals surface area (Å²) in [5.41, 5.74) is 7.32. The van der Waals surface area contributed by atoms with E-state index in [1.54, 1.807) is 6.07 Å². The van der Waals surface area contributed by atoms with Crippen LogP contribution < -0.4 is 5.73 Å². The highest BCUT2D eigenvalue weighted by molar-refractivity contribution is 5.79. The van der Waals surface area contributed by atoms with Crippen molar-refractivity contribution in [1.82, 2.24) is 10.1 Å². The number of halogens is 1. The van der Waals surface area contributed by atoms with E-state index in [-0.39, 0.29) is 5.82 Å². The van der Waals surface area contributed by atoms with Gasteiger partial charge in [-0.25, -0.2) is 4.39 Å². The smallest absolute Gasteiger partial charge is 0.170 e. The second-order valence-corrected chi connectivity index (χ2v) is 5.22. The van der Waals surface area contributed by atoms with Crippen molar-refractivity contribution < 1.29 is 8.91 Å². The van der Waals surface area contributed by atoms with Crippen molar-refractivity contribution in [3.63, 3.8) is 0 Å². The summed E-state index contributed by atoms with van der Waals surface area (Å²) in [6, 6.07) is 4.90. The van der Waals surface area contributed by atoms with E-state index >= 15 is 0 Å². The quantitative estimate of drug-likeness (QED) is 0.915. The van der Waals surface area contributed by atoms with Crippen molar-refractivity contribution in [2.45, 2.75) is 25.3 Å². The van der Waals surface area contributed by atoms with E-state index in [1.165, 1.54) is 12.1 Å². The Kier molecular flexibility index (Phi) is 3.48. The number of hydrogen-bond donors (Lipinski definition) is 1. The lowest BCUT2D eigenvalue weighted by Gasteiger charge is -2.13. The first-order chi connectivity index (χ1) is 9.22. The molecule has 2 N–H and O–H groups in total. The van der Waals surface area contributed by atoms with E-state index in [4.69, 9.17) is 10.3 Å². The number of rotatable bonds is 4. The summed E-state index contributed by atoms with van der Waals surface area (Å²) < 4.78 is 18.2. The molecule has 1 saturated heterocycles. The van der Waals surface area contributed by atoms with Gasteiger partial charge in [-0.3, -0.25) is 0 Å². The zero-order valence-electron chi connectivity index (χ0n) is 10.8. The molecule has 0 amide bonds. The predicted octanol–water partition coefficient (Wildman–Crippen LogP) is 1.93. The summed E-state index contributed by atoms with van der Waals surface area (Å²) in [5, 5.41) is 4.95. The topological polar surface area (TPSA) is 55.3 Å². The Labute approximate surface area is 111 Å². The molecule has 2 heterocycles. The Morgan fingerprint density at radius 1 is 1.47 bits per heavy atom. The molecule has 0 unspecified atom stereocenters. The molecule has 0 radical (unpaired) electrons. The second-order valence-electron chi connectivity index (χ2n) is 5.22. The molecule has 1 aliphatic heterocycles. The van der Waals surface area contributed by atoms with Crippen molar-refractivity contribution in [2.24, 2.45) is 5.73 Å². The number of hydrogen-bond acceptors (Lipinski definition) is 4. The van der Waals surface area contributed by atoms with Gasteiger partial charge < -0.3 is 15.2 Å². The van der Waals surface area contributed by atoms with E-state index in [2.05, 4.69) is 10.1 Å². The predicted molar refractivity (Wildman–Crippen MR) is 71.3 cm³/mol. The zero-order chi connectivity index (χ0) is 13.2. The van der Waals surface area contributed by atoms with Gasteiger partial charge in [0.15, 0.2) is 5.58 Å². The van der Waals surface area contributed by atoms with Crippen LogP contribution in [0.4, 0.5) is 4.39 Å². The minimum atomic E-state index is -0.291. The molecule has 4 nitrogen and oxygen atoms in total. The van der Waals surface area contributed by atoms with Gasteiger partial charge in [0.1, 0.15) is 5.82 Å². The molecule has 0 spiro atoms. The van der Waals surface area contributed by atoms with E-state index in [9.17, 15) is 4.39 Å². The van der Waals surface area contributed by atoms with Crippen LogP contribution in [0.2, 0.25) is 0 Å². The average molecular weight is 263 g/mol. The number of aromatic nitrogens is 1. The van der Waals surface area contributed by atoms with Gasteiger partial charge in [-0.1, -0.05) is 5.16 Å². The fourth-order valence-corrected chi connectivity index (χ4v) is 2.68. The maximum Gasteiger partial charge on any atom is 0.170 e. The summed E-state index contributed by atoms with van der Waals surface area (Å²) in [4.78, 5) is 2.38. The lowest BCUT2D eigenvalue weighted by Crippen LogP contribution is -2.27. The monoisotopic (exact) mass is 263 g/mol. The molecule has 0 saturated carbocycles. The summed E-state index contributed by atoms with van der Waals surface area (Å²) in [7, 11) is 0. The van der Waals surface area contributed by atoms with Crippen molar-refractivity contribution in [1.29, 1.82) is 0 Å². The van der Waals surface area contributed by atoms with Crippen molar-refractivity contribution in [3.05, 3.63) is 29.7 Å². The van der Waals surface area contributed by atoms with Crippen LogP contribution in [0.5, 0.6) is 0 Å². The number of nitrogens with zero attached hydrogens (tertiary/aromatic N) is 2. The van der Waals surface area contributed by atoms with Crippen LogP contribution in [0.15, 0.2) is 22.7 Å². The van der Waals surface area contributed by atoms with Gasteiger partial charge in [-0.05, 0) is 44.5 Å². The average Bonchev–Trinajstić information content (AvgIpc) is 2.96. The molecular formula is C14H18FN3O. The highest BCUT2D eigenvalue weighted by Gasteiger charge is 2.18. The van der Waals surface area contributed by atoms with E-state index in [0.29, 0.717) is 11.6 Å². The molecule has 1 aliphatic rings. The van der Waals surface area contributed by atoms with Crippen LogP contribution in [0.1, 0.15) is 18.5 Å². The molecule has 1 aromatic carbocycles. The highest BCUT2D eigenvalue weighted by atomic mass is 19.1. The van der Waals surface area contributed by atoms with E-state index in [1.807, 2.05) is 0 Å². The molecule has 19 heavy (non-hydrogen) atoms. The molecule has 1 aromatic heterocycles. The standard InChI is InChI=1S/C14H18FN3O/c15-10-3-4-12-13(17-19-14(12)8-10)2-1-6-18-7-5-11(16)9-18/h3-4,8,11H,1-2,5-7,9,16H2/t11-/m1/s1. The van der Waals surface area contributed by atoms with Crippen LogP contribution in [0.3, 0.4) is 0 Å². The Morgan fingerprint density at radius 2 is 2.37 bits per heavy atom. The molecule has 3 rings (SSSR count). The second kappa shape index (κ2) is 5.27. The first-order valence-electron chi connectivity index (χ1n) is 6.74. The van der Waals surface area contributed by atoms with Gasteiger partial charge in [0, 0.05) is 24.0 Å². The van der Waals surface area contributed by atoms with Crippen molar-refractivity contribution >= 4 is 11.0 Å². The maximum absolute atomic E-state index is 13.0. The first kappa shape index (κ1) is 12.6. The maximum atomic E-state index is 13.0. The minimum absolute atomic E-state index is 0.291. The van der Waals surface area contributed by atoms with Gasteiger partial charge in [-0.2, -0.15) is 0 Å². The van der Waals surface area contributed by atoms with Gasteiger partial charge in [-0.15, -0.1) is 0 Å². The number of benzene rings is 1. The summed E-state index contributed by atoms with van der Waals surface area (Å²) in [5.74, 6) is -0.291. The summed E-state index contributed by atoms with van der Waals surface area (Å²) >= 11 is 0. The molecule has 0 aliphatic carbocycles. The van der Waals surface area contributed by atoms with E-state index in [0.717, 1.165) is 50.0 Å². The molecule has 1 fully saturated rings. The molecular weight excluding hydrogens is 245 g/mol. The third-order valence-electron chi connectivity index (χ3n) is 3.71. The van der Waals surface area contributed by atoms with Gasteiger partial charge in [0.05, 0.1) is 5.69 Å². The largest absolute Gasteiger partial charge is 0.356 e. The molecule has 0 bridgehead atoms. The molecule has 5 heteroatoms. The number of fused-ring (bicyclic) bond motifs is 1. The lowest BCUT2D eigenvalue weighted by atomic mass is 10.1. The van der Waals surface area contributed by atoms with Crippen LogP contribution in [-0.2, 0) is 6.42 Å². The van der Waals surface area contributed by atoms with Crippen LogP contribution in [-0.4, -0.2) is 35.7 Å². The first-order valence-corrected chi connectivity index (χ1v) is 6.74. The van der Waals surface area contributed by atoms with E-state index < -0.39 is 0 Å². The van der Waals surface area contributed by atoms with Crippen LogP contribution >= 0.6 is 0 Å². The Bertz CT molecular complexity index is 569. The SMILES string of the molecule is N[C@@H]1CCN(CCCc2noc3cc(F)ccc23)C1. The molecule has 102 valence electrons. The molecule has 2 aromatic rings. The lowest BCUT2D eigenvalue weighted by molar-refractivity contribution is 0.328. The Balaban J connectivity index is 1.59. The fourth-order valence-electron chi connectivity index (χ4n) is 2.68. The van der Waals surface area contributed by atoms with Gasteiger partial charge >= 0.3 is 0 Å². The summed E-state index contributed by atoms with van der Waals surface area (Å²) in [6.45, 7) is 3.11. The number of aryl methyl sites for hydroxylation is 1. The van der Waals surface area contributed by atoms with Crippen molar-refractivity contribution in [2.75, 3.05) is 19.6 Å². The third-order valence-corrected chi connectivity index (χ3v) is 3.71. The summed E-state index contributed by atoms with van der Waals surface area (Å²) in [6.07, 6.45) is 2.96. The van der Waals surface area contributed by atoms with Gasteiger partial charge in [0.2, 0.25) is 0 Å². The highest BCUT2D eigenvalue weighted by Crippen LogP contribution is 2.20. The fraction of sp³-hybridized carbons (Fsp3) is 0.500. The Morgan fingerprint density at radius 3 is 3.16 bits per heavy atom. The van der Waals surface area contributed by atoms with Crippen LogP contribution in [0, 0.1) is 5.82 Å². The minimum Gasteiger partial charge on any atom is -0.356 e. The van der Waals surface area contributed by atoms with Gasteiger partial charge in [0.25, 0.3) is 0 Å². The molecule has 1 atom stereocenters. The van der Waals surface area contributed by atoms with Crippen LogP contribution in [0.25, 0.3) is 11.0 Å². The Hall–Kier alpha value is -1.46. The normalized spacial score (nSPS) is 20.4. The zero-order valence-corrected chi connectivity index (χ0v) is 10.8. The van der Waals surface area contributed by atoms with Crippen molar-refractivity contribution in [3.8, 4) is 0 Å². The number of nitrogens with two attached hydrogens (primary N) is 1. The number of likely N-dealkylation sites (tertiary alicyclic amines) is 1. The third kappa shape index (κ3) is 2.77.